The summed E-state index contributed by atoms with van der Waals surface area (Å²) >= 11 is 0. The van der Waals surface area contributed by atoms with E-state index < -0.39 is 6.04 Å². The zero-order valence-electron chi connectivity index (χ0n) is 12.6. The molecular formula is C16H22N2O3. The molecule has 114 valence electrons. The van der Waals surface area contributed by atoms with Crippen molar-refractivity contribution in [1.29, 1.82) is 0 Å². The van der Waals surface area contributed by atoms with Gasteiger partial charge >= 0.3 is 0 Å². The van der Waals surface area contributed by atoms with Crippen LogP contribution in [0.15, 0.2) is 24.3 Å². The third kappa shape index (κ3) is 3.74. The fourth-order valence-electron chi connectivity index (χ4n) is 2.49. The molecule has 1 saturated heterocycles. The Labute approximate surface area is 125 Å². The van der Waals surface area contributed by atoms with Crippen LogP contribution in [0.4, 0.5) is 5.69 Å². The molecule has 0 radical (unpaired) electrons. The molecule has 1 aromatic rings. The Morgan fingerprint density at radius 3 is 2.86 bits per heavy atom. The molecule has 1 aliphatic heterocycles. The van der Waals surface area contributed by atoms with Gasteiger partial charge in [0.15, 0.2) is 0 Å². The van der Waals surface area contributed by atoms with Crippen molar-refractivity contribution in [2.24, 2.45) is 0 Å². The molecule has 0 aromatic heterocycles. The number of hydrogen-bond donors (Lipinski definition) is 1. The summed E-state index contributed by atoms with van der Waals surface area (Å²) in [6, 6.07) is 7.02. The van der Waals surface area contributed by atoms with Crippen LogP contribution in [0, 0.1) is 0 Å². The second kappa shape index (κ2) is 7.11. The molecule has 1 atom stereocenters. The van der Waals surface area contributed by atoms with Crippen molar-refractivity contribution in [3.8, 4) is 5.75 Å². The topological polar surface area (TPSA) is 58.6 Å². The third-order valence-corrected chi connectivity index (χ3v) is 3.48. The molecule has 2 rings (SSSR count). The number of amides is 2. The minimum atomic E-state index is -0.430. The number of carbonyl (C=O) groups excluding carboxylic acids is 2. The summed E-state index contributed by atoms with van der Waals surface area (Å²) in [6.07, 6.45) is 1.83. The molecule has 1 N–H and O–H groups in total. The molecule has 5 heteroatoms. The van der Waals surface area contributed by atoms with Crippen molar-refractivity contribution in [2.75, 3.05) is 18.1 Å². The number of benzene rings is 1. The van der Waals surface area contributed by atoms with Crippen LogP contribution in [-0.2, 0) is 9.59 Å². The van der Waals surface area contributed by atoms with Crippen molar-refractivity contribution in [3.05, 3.63) is 24.3 Å². The molecule has 1 aliphatic rings. The van der Waals surface area contributed by atoms with Gasteiger partial charge < -0.3 is 15.0 Å². The highest BCUT2D eigenvalue weighted by molar-refractivity contribution is 6.01. The van der Waals surface area contributed by atoms with E-state index in [-0.39, 0.29) is 11.8 Å². The first kappa shape index (κ1) is 15.4. The fraction of sp³-hybridized carbons (Fsp3) is 0.500. The predicted octanol–water partition coefficient (Wildman–Crippen LogP) is 2.11. The number of carbonyl (C=O) groups is 2. The van der Waals surface area contributed by atoms with Gasteiger partial charge in [0.1, 0.15) is 11.8 Å². The maximum atomic E-state index is 12.6. The molecule has 1 fully saturated rings. The maximum Gasteiger partial charge on any atom is 0.249 e. The summed E-state index contributed by atoms with van der Waals surface area (Å²) in [6.45, 7) is 4.91. The lowest BCUT2D eigenvalue weighted by Crippen LogP contribution is -2.44. The largest absolute Gasteiger partial charge is 0.494 e. The van der Waals surface area contributed by atoms with E-state index in [1.807, 2.05) is 38.1 Å². The molecule has 0 saturated carbocycles. The average Bonchev–Trinajstić information content (AvgIpc) is 2.60. The first-order chi connectivity index (χ1) is 10.2. The minimum absolute atomic E-state index is 0.0450. The summed E-state index contributed by atoms with van der Waals surface area (Å²) in [7, 11) is 0. The zero-order chi connectivity index (χ0) is 15.2. The molecule has 2 amide bonds. The van der Waals surface area contributed by atoms with E-state index in [4.69, 9.17) is 4.74 Å². The Morgan fingerprint density at radius 2 is 2.14 bits per heavy atom. The van der Waals surface area contributed by atoms with Crippen LogP contribution >= 0.6 is 0 Å². The van der Waals surface area contributed by atoms with Gasteiger partial charge in [-0.15, -0.1) is 0 Å². The van der Waals surface area contributed by atoms with Crippen molar-refractivity contribution in [3.63, 3.8) is 0 Å². The lowest BCUT2D eigenvalue weighted by molar-refractivity contribution is -0.125. The molecule has 1 unspecified atom stereocenters. The number of hydrogen-bond acceptors (Lipinski definition) is 3. The first-order valence-corrected chi connectivity index (χ1v) is 7.49. The molecular weight excluding hydrogens is 268 g/mol. The molecule has 0 aliphatic carbocycles. The molecule has 1 heterocycles. The molecule has 21 heavy (non-hydrogen) atoms. The summed E-state index contributed by atoms with van der Waals surface area (Å²) in [5.74, 6) is 0.625. The van der Waals surface area contributed by atoms with E-state index in [1.165, 1.54) is 0 Å². The van der Waals surface area contributed by atoms with Crippen molar-refractivity contribution in [1.82, 2.24) is 5.32 Å². The van der Waals surface area contributed by atoms with Gasteiger partial charge in [-0.1, -0.05) is 19.4 Å². The summed E-state index contributed by atoms with van der Waals surface area (Å²) in [4.78, 5) is 26.0. The van der Waals surface area contributed by atoms with Gasteiger partial charge in [-0.25, -0.2) is 0 Å². The number of rotatable bonds is 5. The van der Waals surface area contributed by atoms with Crippen LogP contribution in [0.3, 0.4) is 0 Å². The van der Waals surface area contributed by atoms with E-state index in [1.54, 1.807) is 4.90 Å². The Bertz CT molecular complexity index is 516. The molecule has 5 nitrogen and oxygen atoms in total. The van der Waals surface area contributed by atoms with Gasteiger partial charge in [-0.05, 0) is 25.5 Å². The van der Waals surface area contributed by atoms with Crippen LogP contribution in [0.2, 0.25) is 0 Å². The zero-order valence-corrected chi connectivity index (χ0v) is 12.6. The predicted molar refractivity (Wildman–Crippen MR) is 81.4 cm³/mol. The van der Waals surface area contributed by atoms with E-state index in [0.717, 1.165) is 17.9 Å². The highest BCUT2D eigenvalue weighted by Gasteiger charge is 2.30. The second-order valence-corrected chi connectivity index (χ2v) is 5.08. The Hall–Kier alpha value is -2.04. The highest BCUT2D eigenvalue weighted by Crippen LogP contribution is 2.23. The molecule has 0 spiro atoms. The van der Waals surface area contributed by atoms with E-state index in [2.05, 4.69) is 5.32 Å². The number of nitrogens with one attached hydrogen (secondary N) is 1. The van der Waals surface area contributed by atoms with E-state index in [9.17, 15) is 9.59 Å². The standard InChI is InChI=1S/C16H22N2O3/c1-3-6-14-16(20)18(10-9-15(19)17-14)12-7-5-8-13(11-12)21-4-2/h5,7-8,11,14H,3-4,6,9-10H2,1-2H3,(H,17,19). The van der Waals surface area contributed by atoms with Crippen LogP contribution in [0.25, 0.3) is 0 Å². The third-order valence-electron chi connectivity index (χ3n) is 3.48. The highest BCUT2D eigenvalue weighted by atomic mass is 16.5. The smallest absolute Gasteiger partial charge is 0.249 e. The SMILES string of the molecule is CCCC1NC(=O)CCN(c2cccc(OCC)c2)C1=O. The summed E-state index contributed by atoms with van der Waals surface area (Å²) in [5, 5.41) is 2.81. The Balaban J connectivity index is 2.25. The van der Waals surface area contributed by atoms with Gasteiger partial charge in [0.05, 0.1) is 6.61 Å². The quantitative estimate of drug-likeness (QED) is 0.903. The van der Waals surface area contributed by atoms with Crippen LogP contribution in [0.5, 0.6) is 5.75 Å². The fourth-order valence-corrected chi connectivity index (χ4v) is 2.49. The van der Waals surface area contributed by atoms with Crippen molar-refractivity contribution < 1.29 is 14.3 Å². The summed E-state index contributed by atoms with van der Waals surface area (Å²) in [5.41, 5.74) is 0.781. The van der Waals surface area contributed by atoms with Gasteiger partial charge in [0.2, 0.25) is 11.8 Å². The van der Waals surface area contributed by atoms with Gasteiger partial charge in [-0.3, -0.25) is 9.59 Å². The number of anilines is 1. The van der Waals surface area contributed by atoms with Crippen LogP contribution < -0.4 is 15.0 Å². The van der Waals surface area contributed by atoms with E-state index >= 15 is 0 Å². The van der Waals surface area contributed by atoms with Crippen molar-refractivity contribution >= 4 is 17.5 Å². The minimum Gasteiger partial charge on any atom is -0.494 e. The maximum absolute atomic E-state index is 12.6. The number of nitrogens with zero attached hydrogens (tertiary/aromatic N) is 1. The Morgan fingerprint density at radius 1 is 1.33 bits per heavy atom. The lowest BCUT2D eigenvalue weighted by Gasteiger charge is -2.24. The second-order valence-electron chi connectivity index (χ2n) is 5.08. The van der Waals surface area contributed by atoms with Crippen molar-refractivity contribution in [2.45, 2.75) is 39.2 Å². The normalized spacial score (nSPS) is 19.1. The van der Waals surface area contributed by atoms with E-state index in [0.29, 0.717) is 26.0 Å². The van der Waals surface area contributed by atoms with Gasteiger partial charge in [-0.2, -0.15) is 0 Å². The van der Waals surface area contributed by atoms with Gasteiger partial charge in [0, 0.05) is 24.7 Å². The first-order valence-electron chi connectivity index (χ1n) is 7.49. The Kier molecular flexibility index (Phi) is 5.20. The molecule has 0 bridgehead atoms. The van der Waals surface area contributed by atoms with Crippen LogP contribution in [0.1, 0.15) is 33.1 Å². The lowest BCUT2D eigenvalue weighted by atomic mass is 10.1. The average molecular weight is 290 g/mol. The monoisotopic (exact) mass is 290 g/mol. The van der Waals surface area contributed by atoms with Crippen LogP contribution in [-0.4, -0.2) is 31.0 Å². The number of ether oxygens (including phenoxy) is 1. The molecule has 1 aromatic carbocycles. The van der Waals surface area contributed by atoms with Gasteiger partial charge in [0.25, 0.3) is 0 Å². The summed E-state index contributed by atoms with van der Waals surface area (Å²) < 4.78 is 5.48.